The van der Waals surface area contributed by atoms with Crippen LogP contribution in [0.4, 0.5) is 18.9 Å². The van der Waals surface area contributed by atoms with Gasteiger partial charge in [0.15, 0.2) is 0 Å². The van der Waals surface area contributed by atoms with Crippen LogP contribution in [-0.2, 0) is 11.0 Å². The number of benzene rings is 1. The molecule has 1 aliphatic rings. The van der Waals surface area contributed by atoms with Gasteiger partial charge in [-0.15, -0.1) is 0 Å². The Labute approximate surface area is 189 Å². The van der Waals surface area contributed by atoms with Crippen LogP contribution in [0.2, 0.25) is 0 Å². The van der Waals surface area contributed by atoms with Gasteiger partial charge in [-0.05, 0) is 31.5 Å². The summed E-state index contributed by atoms with van der Waals surface area (Å²) >= 11 is 1.20. The molecule has 1 saturated heterocycles. The summed E-state index contributed by atoms with van der Waals surface area (Å²) in [6.45, 7) is 5.23. The Hall–Kier alpha value is -2.82. The van der Waals surface area contributed by atoms with Crippen LogP contribution in [-0.4, -0.2) is 64.0 Å². The second-order valence-corrected chi connectivity index (χ2v) is 7.89. The first kappa shape index (κ1) is 25.4. The summed E-state index contributed by atoms with van der Waals surface area (Å²) in [7, 11) is 0. The van der Waals surface area contributed by atoms with Gasteiger partial charge in [-0.1, -0.05) is 18.9 Å². The summed E-state index contributed by atoms with van der Waals surface area (Å²) in [5, 5.41) is 0. The normalized spacial score (nSPS) is 13.8. The van der Waals surface area contributed by atoms with E-state index in [-0.39, 0.29) is 11.3 Å². The Kier molecular flexibility index (Phi) is 9.76. The van der Waals surface area contributed by atoms with Crippen LogP contribution in [0.3, 0.4) is 0 Å². The molecule has 0 bridgehead atoms. The fourth-order valence-corrected chi connectivity index (χ4v) is 3.46. The van der Waals surface area contributed by atoms with Gasteiger partial charge in [0.1, 0.15) is 0 Å². The molecule has 0 aliphatic carbocycles. The van der Waals surface area contributed by atoms with E-state index in [9.17, 15) is 22.8 Å². The van der Waals surface area contributed by atoms with Crippen LogP contribution < -0.4 is 4.72 Å². The number of aromatic nitrogens is 2. The van der Waals surface area contributed by atoms with Crippen molar-refractivity contribution in [3.05, 3.63) is 53.6 Å². The molecular weight excluding hydrogens is 443 g/mol. The molecule has 2 heterocycles. The Morgan fingerprint density at radius 2 is 1.94 bits per heavy atom. The lowest BCUT2D eigenvalue weighted by atomic mass is 10.1. The number of carbonyl (C=O) groups excluding carboxylic acids is 2. The van der Waals surface area contributed by atoms with E-state index in [2.05, 4.69) is 14.7 Å². The van der Waals surface area contributed by atoms with Crippen molar-refractivity contribution in [1.82, 2.24) is 19.8 Å². The van der Waals surface area contributed by atoms with Crippen molar-refractivity contribution in [3.8, 4) is 0 Å². The standard InChI is InChI=1S/C16H20F3N3O2S.C5H6N2/c1-2-9-25-20-14-4-3-12(10-13(14)16(17,18)19)15(24)22-7-5-21(11-23)6-8-22;1-5-4-6-2-3-7-5/h3-4,10-11,20H,2,5-9H2,1H3;2-4H,1H3. The third-order valence-corrected chi connectivity index (χ3v) is 5.48. The van der Waals surface area contributed by atoms with Gasteiger partial charge in [-0.25, -0.2) is 0 Å². The Bertz CT molecular complexity index is 875. The fourth-order valence-electron chi connectivity index (χ4n) is 2.82. The molecule has 0 spiro atoms. The number of carbonyl (C=O) groups is 2. The fraction of sp³-hybridized carbons (Fsp3) is 0.429. The SMILES string of the molecule is CCCSNc1ccc(C(=O)N2CCN(C=O)CC2)cc1C(F)(F)F.Cc1cnccn1. The van der Waals surface area contributed by atoms with Gasteiger partial charge in [0, 0.05) is 56.1 Å². The van der Waals surface area contributed by atoms with E-state index in [1.54, 1.807) is 18.6 Å². The van der Waals surface area contributed by atoms with Crippen LogP contribution >= 0.6 is 11.9 Å². The second-order valence-electron chi connectivity index (χ2n) is 6.99. The van der Waals surface area contributed by atoms with Crippen molar-refractivity contribution in [2.75, 3.05) is 36.7 Å². The number of piperazine rings is 1. The average Bonchev–Trinajstić information content (AvgIpc) is 2.79. The van der Waals surface area contributed by atoms with Crippen LogP contribution in [0, 0.1) is 6.92 Å². The molecule has 7 nitrogen and oxygen atoms in total. The summed E-state index contributed by atoms with van der Waals surface area (Å²) in [5.41, 5.74) is 0.0576. The third-order valence-electron chi connectivity index (χ3n) is 4.50. The minimum Gasteiger partial charge on any atom is -0.342 e. The number of aryl methyl sites for hydroxylation is 1. The van der Waals surface area contributed by atoms with Crippen molar-refractivity contribution in [3.63, 3.8) is 0 Å². The van der Waals surface area contributed by atoms with E-state index < -0.39 is 17.6 Å². The van der Waals surface area contributed by atoms with Crippen LogP contribution in [0.15, 0.2) is 36.8 Å². The van der Waals surface area contributed by atoms with E-state index in [0.29, 0.717) is 38.3 Å². The molecule has 11 heteroatoms. The molecule has 1 aromatic heterocycles. The van der Waals surface area contributed by atoms with Crippen LogP contribution in [0.5, 0.6) is 0 Å². The minimum atomic E-state index is -4.55. The van der Waals surface area contributed by atoms with E-state index in [1.807, 2.05) is 13.8 Å². The van der Waals surface area contributed by atoms with Crippen LogP contribution in [0.25, 0.3) is 0 Å². The van der Waals surface area contributed by atoms with E-state index >= 15 is 0 Å². The number of amides is 2. The largest absolute Gasteiger partial charge is 0.418 e. The number of nitrogens with one attached hydrogen (secondary N) is 1. The number of hydrogen-bond donors (Lipinski definition) is 1. The number of nitrogens with zero attached hydrogens (tertiary/aromatic N) is 4. The lowest BCUT2D eigenvalue weighted by molar-refractivity contribution is -0.137. The molecule has 32 heavy (non-hydrogen) atoms. The zero-order valence-electron chi connectivity index (χ0n) is 17.9. The van der Waals surface area contributed by atoms with Crippen LogP contribution in [0.1, 0.15) is 35.0 Å². The predicted molar refractivity (Wildman–Crippen MR) is 118 cm³/mol. The predicted octanol–water partition coefficient (Wildman–Crippen LogP) is 3.87. The molecular formula is C21H26F3N5O2S. The average molecular weight is 470 g/mol. The highest BCUT2D eigenvalue weighted by Gasteiger charge is 2.35. The maximum absolute atomic E-state index is 13.3. The number of anilines is 1. The van der Waals surface area contributed by atoms with Gasteiger partial charge in [0.25, 0.3) is 5.91 Å². The molecule has 0 saturated carbocycles. The third kappa shape index (κ3) is 7.70. The van der Waals surface area contributed by atoms with Gasteiger partial charge in [0.2, 0.25) is 6.41 Å². The first-order valence-corrected chi connectivity index (χ1v) is 11.0. The van der Waals surface area contributed by atoms with Gasteiger partial charge < -0.3 is 14.5 Å². The Morgan fingerprint density at radius 1 is 1.22 bits per heavy atom. The lowest BCUT2D eigenvalue weighted by Crippen LogP contribution is -2.48. The van der Waals surface area contributed by atoms with Crippen molar-refractivity contribution in [2.45, 2.75) is 26.4 Å². The summed E-state index contributed by atoms with van der Waals surface area (Å²) in [6.07, 6.45) is 2.05. The topological polar surface area (TPSA) is 78.4 Å². The Balaban J connectivity index is 0.000000439. The van der Waals surface area contributed by atoms with Crippen molar-refractivity contribution in [1.29, 1.82) is 0 Å². The molecule has 174 valence electrons. The number of halogens is 3. The molecule has 0 unspecified atom stereocenters. The highest BCUT2D eigenvalue weighted by Crippen LogP contribution is 2.36. The lowest BCUT2D eigenvalue weighted by Gasteiger charge is -2.32. The van der Waals surface area contributed by atoms with Crippen molar-refractivity contribution < 1.29 is 22.8 Å². The molecule has 2 amide bonds. The summed E-state index contributed by atoms with van der Waals surface area (Å²) in [5.74, 6) is 0.225. The van der Waals surface area contributed by atoms with E-state index in [4.69, 9.17) is 0 Å². The summed E-state index contributed by atoms with van der Waals surface area (Å²) in [4.78, 5) is 33.9. The van der Waals surface area contributed by atoms with E-state index in [0.717, 1.165) is 18.2 Å². The second kappa shape index (κ2) is 12.3. The molecule has 0 atom stereocenters. The van der Waals surface area contributed by atoms with Gasteiger partial charge >= 0.3 is 6.18 Å². The summed E-state index contributed by atoms with van der Waals surface area (Å²) in [6, 6.07) is 3.59. The van der Waals surface area contributed by atoms with Gasteiger partial charge in [0.05, 0.1) is 16.9 Å². The molecule has 1 aromatic carbocycles. The zero-order valence-corrected chi connectivity index (χ0v) is 18.7. The van der Waals surface area contributed by atoms with Crippen molar-refractivity contribution in [2.24, 2.45) is 0 Å². The maximum atomic E-state index is 13.3. The highest BCUT2D eigenvalue weighted by atomic mass is 32.2. The minimum absolute atomic E-state index is 0.00193. The smallest absolute Gasteiger partial charge is 0.342 e. The highest BCUT2D eigenvalue weighted by molar-refractivity contribution is 8.00. The molecule has 3 rings (SSSR count). The molecule has 1 aliphatic heterocycles. The number of alkyl halides is 3. The van der Waals surface area contributed by atoms with Gasteiger partial charge in [-0.3, -0.25) is 19.6 Å². The number of hydrogen-bond acceptors (Lipinski definition) is 6. The Morgan fingerprint density at radius 3 is 2.44 bits per heavy atom. The van der Waals surface area contributed by atoms with Gasteiger partial charge in [-0.2, -0.15) is 13.2 Å². The molecule has 2 aromatic rings. The zero-order chi connectivity index (χ0) is 23.6. The van der Waals surface area contributed by atoms with E-state index in [1.165, 1.54) is 33.9 Å². The molecule has 0 radical (unpaired) electrons. The molecule has 1 N–H and O–H groups in total. The monoisotopic (exact) mass is 469 g/mol. The van der Waals surface area contributed by atoms with Crippen molar-refractivity contribution >= 4 is 30.0 Å². The summed E-state index contributed by atoms with van der Waals surface area (Å²) < 4.78 is 42.7. The number of rotatable bonds is 6. The first-order chi connectivity index (χ1) is 15.3. The maximum Gasteiger partial charge on any atom is 0.418 e. The quantitative estimate of drug-likeness (QED) is 0.393. The first-order valence-electron chi connectivity index (χ1n) is 10.1. The molecule has 1 fully saturated rings.